The Morgan fingerprint density at radius 3 is 2.61 bits per heavy atom. The molecule has 0 aliphatic heterocycles. The molecule has 0 bridgehead atoms. The van der Waals surface area contributed by atoms with Gasteiger partial charge in [0.05, 0.1) is 12.2 Å². The average Bonchev–Trinajstić information content (AvgIpc) is 2.28. The predicted octanol–water partition coefficient (Wildman–Crippen LogP) is 2.11. The Morgan fingerprint density at radius 2 is 2.11 bits per heavy atom. The quantitative estimate of drug-likeness (QED) is 0.586. The minimum atomic E-state index is 0.184. The highest BCUT2D eigenvalue weighted by atomic mass is 35.5. The first-order valence-corrected chi connectivity index (χ1v) is 6.14. The first-order valence-electron chi connectivity index (χ1n) is 5.76. The monoisotopic (exact) mass is 271 g/mol. The maximum atomic E-state index is 11.1. The van der Waals surface area contributed by atoms with E-state index in [0.717, 1.165) is 0 Å². The average molecular weight is 272 g/mol. The molecule has 0 radical (unpaired) electrons. The van der Waals surface area contributed by atoms with Gasteiger partial charge < -0.3 is 9.64 Å². The lowest BCUT2D eigenvalue weighted by Crippen LogP contribution is -2.35. The highest BCUT2D eigenvalue weighted by Gasteiger charge is 2.19. The van der Waals surface area contributed by atoms with Crippen molar-refractivity contribution in [2.45, 2.75) is 26.8 Å². The largest absolute Gasteiger partial charge is 0.383 e. The molecule has 0 aliphatic rings. The number of hydrogen-bond donors (Lipinski definition) is 0. The van der Waals surface area contributed by atoms with Crippen molar-refractivity contribution in [1.29, 1.82) is 0 Å². The zero-order valence-corrected chi connectivity index (χ0v) is 11.9. The molecule has 5 nitrogen and oxygen atoms in total. The molecule has 0 aliphatic carbocycles. The smallest absolute Gasteiger partial charge is 0.156 e. The van der Waals surface area contributed by atoms with Crippen LogP contribution in [0.4, 0.5) is 5.82 Å². The minimum Gasteiger partial charge on any atom is -0.383 e. The van der Waals surface area contributed by atoms with Crippen LogP contribution in [0.5, 0.6) is 0 Å². The standard InChI is InChI=1S/C12H18ClN3O2/c1-8(2)16(5-6-18-4)12-10(7-17)11(13)14-9(3)15-12/h7-8H,5-6H2,1-4H3. The van der Waals surface area contributed by atoms with E-state index < -0.39 is 0 Å². The number of aromatic nitrogens is 2. The van der Waals surface area contributed by atoms with E-state index in [2.05, 4.69) is 9.97 Å². The van der Waals surface area contributed by atoms with Crippen molar-refractivity contribution in [2.24, 2.45) is 0 Å². The molecular formula is C12H18ClN3O2. The molecule has 6 heteroatoms. The van der Waals surface area contributed by atoms with Gasteiger partial charge in [-0.1, -0.05) is 11.6 Å². The molecule has 1 heterocycles. The van der Waals surface area contributed by atoms with Gasteiger partial charge in [-0.3, -0.25) is 4.79 Å². The molecule has 0 spiro atoms. The van der Waals surface area contributed by atoms with Crippen LogP contribution in [-0.4, -0.2) is 42.6 Å². The van der Waals surface area contributed by atoms with E-state index in [1.54, 1.807) is 14.0 Å². The maximum Gasteiger partial charge on any atom is 0.156 e. The normalized spacial score (nSPS) is 10.8. The molecule has 0 fully saturated rings. The number of halogens is 1. The van der Waals surface area contributed by atoms with Gasteiger partial charge in [-0.25, -0.2) is 9.97 Å². The number of nitrogens with zero attached hydrogens (tertiary/aromatic N) is 3. The highest BCUT2D eigenvalue weighted by Crippen LogP contribution is 2.24. The van der Waals surface area contributed by atoms with Gasteiger partial charge in [0.25, 0.3) is 0 Å². The van der Waals surface area contributed by atoms with Crippen LogP contribution in [0.15, 0.2) is 0 Å². The fraction of sp³-hybridized carbons (Fsp3) is 0.583. The maximum absolute atomic E-state index is 11.1. The summed E-state index contributed by atoms with van der Waals surface area (Å²) in [5, 5.41) is 0.190. The lowest BCUT2D eigenvalue weighted by molar-refractivity contribution is 0.112. The summed E-state index contributed by atoms with van der Waals surface area (Å²) in [6.45, 7) is 6.99. The fourth-order valence-electron chi connectivity index (χ4n) is 1.65. The summed E-state index contributed by atoms with van der Waals surface area (Å²) in [6, 6.07) is 0.184. The summed E-state index contributed by atoms with van der Waals surface area (Å²) < 4.78 is 5.07. The van der Waals surface area contributed by atoms with Gasteiger partial charge in [-0.05, 0) is 20.8 Å². The van der Waals surface area contributed by atoms with E-state index in [4.69, 9.17) is 16.3 Å². The predicted molar refractivity (Wildman–Crippen MR) is 71.5 cm³/mol. The van der Waals surface area contributed by atoms with E-state index in [1.807, 2.05) is 18.7 Å². The number of anilines is 1. The lowest BCUT2D eigenvalue weighted by atomic mass is 10.2. The molecular weight excluding hydrogens is 254 g/mol. The Morgan fingerprint density at radius 1 is 1.44 bits per heavy atom. The minimum absolute atomic E-state index is 0.184. The zero-order valence-electron chi connectivity index (χ0n) is 11.1. The number of methoxy groups -OCH3 is 1. The summed E-state index contributed by atoms with van der Waals surface area (Å²) in [7, 11) is 1.64. The summed E-state index contributed by atoms with van der Waals surface area (Å²) in [5.41, 5.74) is 0.326. The van der Waals surface area contributed by atoms with Gasteiger partial charge in [0.1, 0.15) is 16.8 Å². The molecule has 18 heavy (non-hydrogen) atoms. The number of ether oxygens (including phenoxy) is 1. The second-order valence-corrected chi connectivity index (χ2v) is 4.55. The zero-order chi connectivity index (χ0) is 13.7. The van der Waals surface area contributed by atoms with Gasteiger partial charge in [0, 0.05) is 19.7 Å². The third-order valence-electron chi connectivity index (χ3n) is 2.54. The molecule has 0 N–H and O–H groups in total. The van der Waals surface area contributed by atoms with Crippen LogP contribution in [-0.2, 0) is 4.74 Å². The third kappa shape index (κ3) is 3.40. The molecule has 0 atom stereocenters. The van der Waals surface area contributed by atoms with Crippen molar-refractivity contribution in [3.05, 3.63) is 16.5 Å². The Labute approximate surface area is 112 Å². The van der Waals surface area contributed by atoms with Crippen LogP contribution in [0, 0.1) is 6.92 Å². The number of aldehydes is 1. The van der Waals surface area contributed by atoms with Gasteiger partial charge in [0.15, 0.2) is 6.29 Å². The van der Waals surface area contributed by atoms with Crippen LogP contribution in [0.25, 0.3) is 0 Å². The van der Waals surface area contributed by atoms with Crippen molar-refractivity contribution >= 4 is 23.7 Å². The third-order valence-corrected chi connectivity index (χ3v) is 2.83. The second-order valence-electron chi connectivity index (χ2n) is 4.20. The molecule has 0 saturated carbocycles. The molecule has 0 amide bonds. The lowest BCUT2D eigenvalue weighted by Gasteiger charge is -2.28. The van der Waals surface area contributed by atoms with E-state index in [-0.39, 0.29) is 11.2 Å². The van der Waals surface area contributed by atoms with Crippen molar-refractivity contribution in [3.8, 4) is 0 Å². The van der Waals surface area contributed by atoms with Crippen molar-refractivity contribution < 1.29 is 9.53 Å². The van der Waals surface area contributed by atoms with E-state index in [9.17, 15) is 4.79 Å². The first-order chi connectivity index (χ1) is 8.51. The van der Waals surface area contributed by atoms with Crippen molar-refractivity contribution in [1.82, 2.24) is 9.97 Å². The molecule has 1 rings (SSSR count). The molecule has 0 aromatic carbocycles. The van der Waals surface area contributed by atoms with Gasteiger partial charge in [-0.15, -0.1) is 0 Å². The highest BCUT2D eigenvalue weighted by molar-refractivity contribution is 6.32. The van der Waals surface area contributed by atoms with Crippen molar-refractivity contribution in [2.75, 3.05) is 25.2 Å². The van der Waals surface area contributed by atoms with Crippen LogP contribution in [0.2, 0.25) is 5.15 Å². The number of hydrogen-bond acceptors (Lipinski definition) is 5. The number of carbonyl (C=O) groups is 1. The molecule has 1 aromatic heterocycles. The molecule has 0 unspecified atom stereocenters. The van der Waals surface area contributed by atoms with Crippen LogP contribution in [0.1, 0.15) is 30.0 Å². The molecule has 0 saturated heterocycles. The fourth-order valence-corrected chi connectivity index (χ4v) is 1.90. The van der Waals surface area contributed by atoms with E-state index in [1.165, 1.54) is 0 Å². The molecule has 100 valence electrons. The van der Waals surface area contributed by atoms with Crippen molar-refractivity contribution in [3.63, 3.8) is 0 Å². The summed E-state index contributed by atoms with van der Waals surface area (Å²) in [6.07, 6.45) is 0.694. The number of aryl methyl sites for hydroxylation is 1. The Kier molecular flexibility index (Phi) is 5.50. The SMILES string of the molecule is COCCN(c1nc(C)nc(Cl)c1C=O)C(C)C. The van der Waals surface area contributed by atoms with Gasteiger partial charge >= 0.3 is 0 Å². The van der Waals surface area contributed by atoms with Crippen LogP contribution >= 0.6 is 11.6 Å². The first kappa shape index (κ1) is 14.9. The van der Waals surface area contributed by atoms with E-state index >= 15 is 0 Å². The molecule has 1 aromatic rings. The van der Waals surface area contributed by atoms with Gasteiger partial charge in [0.2, 0.25) is 0 Å². The number of rotatable bonds is 6. The Hall–Kier alpha value is -1.20. The van der Waals surface area contributed by atoms with Crippen LogP contribution in [0.3, 0.4) is 0 Å². The Bertz CT molecular complexity index is 424. The number of carbonyl (C=O) groups excluding carboxylic acids is 1. The Balaban J connectivity index is 3.21. The second kappa shape index (κ2) is 6.66. The summed E-state index contributed by atoms with van der Waals surface area (Å²) >= 11 is 5.98. The van der Waals surface area contributed by atoms with Crippen LogP contribution < -0.4 is 4.90 Å². The topological polar surface area (TPSA) is 55.3 Å². The summed E-state index contributed by atoms with van der Waals surface area (Å²) in [5.74, 6) is 1.11. The summed E-state index contributed by atoms with van der Waals surface area (Å²) in [4.78, 5) is 21.4. The van der Waals surface area contributed by atoms with E-state index in [0.29, 0.717) is 36.6 Å². The van der Waals surface area contributed by atoms with Gasteiger partial charge in [-0.2, -0.15) is 0 Å².